The van der Waals surface area contributed by atoms with Crippen molar-refractivity contribution in [3.63, 3.8) is 0 Å². The topological polar surface area (TPSA) is 94.1 Å². The summed E-state index contributed by atoms with van der Waals surface area (Å²) in [5.41, 5.74) is 6.23. The van der Waals surface area contributed by atoms with Crippen molar-refractivity contribution in [3.05, 3.63) is 95.3 Å². The van der Waals surface area contributed by atoms with E-state index in [2.05, 4.69) is 5.16 Å². The molecule has 0 saturated carbocycles. The maximum atomic E-state index is 13.1. The van der Waals surface area contributed by atoms with E-state index in [1.54, 1.807) is 24.3 Å². The number of oxime groups is 1. The third-order valence-corrected chi connectivity index (χ3v) is 3.70. The Bertz CT molecular complexity index is 973. The Morgan fingerprint density at radius 3 is 2.22 bits per heavy atom. The van der Waals surface area contributed by atoms with Crippen LogP contribution in [0.4, 0.5) is 4.39 Å². The third-order valence-electron chi connectivity index (χ3n) is 3.70. The normalized spacial score (nSPS) is 11.1. The van der Waals surface area contributed by atoms with E-state index in [9.17, 15) is 9.18 Å². The number of benzene rings is 3. The van der Waals surface area contributed by atoms with Crippen molar-refractivity contribution in [2.75, 3.05) is 0 Å². The van der Waals surface area contributed by atoms with Crippen molar-refractivity contribution in [1.29, 1.82) is 0 Å². The van der Waals surface area contributed by atoms with E-state index in [-0.39, 0.29) is 28.3 Å². The molecule has 0 fully saturated rings. The van der Waals surface area contributed by atoms with Gasteiger partial charge in [0, 0.05) is 16.7 Å². The van der Waals surface area contributed by atoms with Crippen LogP contribution in [0.2, 0.25) is 0 Å². The van der Waals surface area contributed by atoms with Gasteiger partial charge in [-0.15, -0.1) is 0 Å². The van der Waals surface area contributed by atoms with Gasteiger partial charge in [-0.25, -0.2) is 4.39 Å². The quantitative estimate of drug-likeness (QED) is 0.174. The third kappa shape index (κ3) is 4.21. The number of para-hydroxylation sites is 1. The highest BCUT2D eigenvalue weighted by atomic mass is 19.1. The number of amidine groups is 1. The van der Waals surface area contributed by atoms with Crippen molar-refractivity contribution >= 4 is 11.6 Å². The van der Waals surface area contributed by atoms with Gasteiger partial charge in [0.1, 0.15) is 5.82 Å². The summed E-state index contributed by atoms with van der Waals surface area (Å²) < 4.78 is 13.1. The second-order valence-corrected chi connectivity index (χ2v) is 5.51. The maximum absolute atomic E-state index is 13.1. The van der Waals surface area contributed by atoms with E-state index in [0.29, 0.717) is 5.75 Å². The van der Waals surface area contributed by atoms with Gasteiger partial charge in [-0.1, -0.05) is 23.4 Å². The Balaban J connectivity index is 1.93. The summed E-state index contributed by atoms with van der Waals surface area (Å²) in [7, 11) is 0. The number of nitrogens with zero attached hydrogens (tertiary/aromatic N) is 1. The van der Waals surface area contributed by atoms with Crippen molar-refractivity contribution < 1.29 is 24.2 Å². The van der Waals surface area contributed by atoms with Crippen LogP contribution in [0.1, 0.15) is 21.5 Å². The number of rotatable bonds is 6. The highest BCUT2D eigenvalue weighted by Gasteiger charge is 2.18. The zero-order chi connectivity index (χ0) is 19.2. The minimum absolute atomic E-state index is 0.117. The minimum Gasteiger partial charge on any atom is -0.409 e. The molecule has 0 saturated heterocycles. The Morgan fingerprint density at radius 1 is 0.889 bits per heavy atom. The fourth-order valence-corrected chi connectivity index (χ4v) is 2.37. The van der Waals surface area contributed by atoms with E-state index < -0.39 is 11.6 Å². The second kappa shape index (κ2) is 8.01. The van der Waals surface area contributed by atoms with E-state index in [0.717, 1.165) is 0 Å². The number of hydrogen-bond donors (Lipinski definition) is 2. The molecule has 3 aromatic rings. The first-order valence-corrected chi connectivity index (χ1v) is 7.90. The van der Waals surface area contributed by atoms with Crippen LogP contribution in [0.3, 0.4) is 0 Å². The Kier molecular flexibility index (Phi) is 5.32. The van der Waals surface area contributed by atoms with Crippen LogP contribution in [-0.4, -0.2) is 16.8 Å². The summed E-state index contributed by atoms with van der Waals surface area (Å²) in [6.07, 6.45) is 0. The zero-order valence-electron chi connectivity index (χ0n) is 14.0. The highest BCUT2D eigenvalue weighted by molar-refractivity contribution is 6.16. The lowest BCUT2D eigenvalue weighted by Crippen LogP contribution is -2.18. The smallest absolute Gasteiger partial charge is 0.193 e. The van der Waals surface area contributed by atoms with Gasteiger partial charge in [0.05, 0.1) is 0 Å². The molecule has 0 aliphatic heterocycles. The summed E-state index contributed by atoms with van der Waals surface area (Å²) in [6.45, 7) is 0. The average molecular weight is 366 g/mol. The summed E-state index contributed by atoms with van der Waals surface area (Å²) in [5, 5.41) is 11.9. The van der Waals surface area contributed by atoms with Crippen LogP contribution < -0.4 is 15.5 Å². The average Bonchev–Trinajstić information content (AvgIpc) is 2.72. The van der Waals surface area contributed by atoms with Gasteiger partial charge >= 0.3 is 0 Å². The van der Waals surface area contributed by atoms with Gasteiger partial charge in [0.25, 0.3) is 0 Å². The first-order chi connectivity index (χ1) is 13.1. The molecular formula is C20H15FN2O4. The standard InChI is InChI=1S/C20H15FN2O4/c21-14-8-6-13(7-9-14)19(24)18-12-16(10-11-17(18)20(22)23-25)27-26-15-4-2-1-3-5-15/h1-12,25H,(H2,22,23). The fourth-order valence-electron chi connectivity index (χ4n) is 2.37. The lowest BCUT2D eigenvalue weighted by Gasteiger charge is -2.11. The molecule has 27 heavy (non-hydrogen) atoms. The van der Waals surface area contributed by atoms with Crippen LogP contribution in [0.15, 0.2) is 78.0 Å². The minimum atomic E-state index is -0.462. The number of ketones is 1. The first-order valence-electron chi connectivity index (χ1n) is 7.90. The van der Waals surface area contributed by atoms with Crippen LogP contribution in [0, 0.1) is 5.82 Å². The summed E-state index contributed by atoms with van der Waals surface area (Å²) in [5.74, 6) is -0.433. The Morgan fingerprint density at radius 2 is 1.56 bits per heavy atom. The molecule has 3 N–H and O–H groups in total. The number of nitrogens with two attached hydrogens (primary N) is 1. The van der Waals surface area contributed by atoms with E-state index in [1.807, 2.05) is 6.07 Å². The van der Waals surface area contributed by atoms with Crippen LogP contribution in [-0.2, 0) is 0 Å². The van der Waals surface area contributed by atoms with E-state index in [4.69, 9.17) is 20.7 Å². The van der Waals surface area contributed by atoms with Crippen LogP contribution in [0.5, 0.6) is 11.5 Å². The second-order valence-electron chi connectivity index (χ2n) is 5.51. The van der Waals surface area contributed by atoms with Crippen LogP contribution in [0.25, 0.3) is 0 Å². The van der Waals surface area contributed by atoms with Gasteiger partial charge in [-0.3, -0.25) is 14.6 Å². The van der Waals surface area contributed by atoms with Gasteiger partial charge in [-0.05, 0) is 54.6 Å². The molecule has 0 spiro atoms. The largest absolute Gasteiger partial charge is 0.409 e. The lowest BCUT2D eigenvalue weighted by molar-refractivity contribution is -0.0999. The van der Waals surface area contributed by atoms with Crippen molar-refractivity contribution in [3.8, 4) is 11.5 Å². The predicted molar refractivity (Wildman–Crippen MR) is 96.5 cm³/mol. The first kappa shape index (κ1) is 17.9. The number of halogens is 1. The molecule has 3 aromatic carbocycles. The highest BCUT2D eigenvalue weighted by Crippen LogP contribution is 2.22. The molecule has 0 heterocycles. The van der Waals surface area contributed by atoms with Gasteiger partial charge in [0.15, 0.2) is 23.1 Å². The molecule has 0 atom stereocenters. The zero-order valence-corrected chi connectivity index (χ0v) is 14.0. The fraction of sp³-hybridized carbons (Fsp3) is 0. The van der Waals surface area contributed by atoms with Gasteiger partial charge < -0.3 is 10.9 Å². The van der Waals surface area contributed by atoms with Crippen molar-refractivity contribution in [1.82, 2.24) is 0 Å². The molecule has 0 radical (unpaired) electrons. The lowest BCUT2D eigenvalue weighted by atomic mass is 9.97. The molecule has 7 heteroatoms. The van der Waals surface area contributed by atoms with Gasteiger partial charge in [0.2, 0.25) is 0 Å². The monoisotopic (exact) mass is 366 g/mol. The summed E-state index contributed by atoms with van der Waals surface area (Å²) >= 11 is 0. The molecular weight excluding hydrogens is 351 g/mol. The SMILES string of the molecule is N/C(=N\O)c1ccc(OOc2ccccc2)cc1C(=O)c1ccc(F)cc1. The van der Waals surface area contributed by atoms with E-state index in [1.165, 1.54) is 42.5 Å². The van der Waals surface area contributed by atoms with Crippen molar-refractivity contribution in [2.24, 2.45) is 10.9 Å². The molecule has 6 nitrogen and oxygen atoms in total. The molecule has 0 amide bonds. The summed E-state index contributed by atoms with van der Waals surface area (Å²) in [6, 6.07) is 18.2. The molecule has 0 aromatic heterocycles. The molecule has 0 aliphatic rings. The van der Waals surface area contributed by atoms with E-state index >= 15 is 0 Å². The van der Waals surface area contributed by atoms with Crippen LogP contribution >= 0.6 is 0 Å². The molecule has 0 aliphatic carbocycles. The molecule has 136 valence electrons. The predicted octanol–water partition coefficient (Wildman–Crippen LogP) is 3.52. The Labute approximate surface area is 154 Å². The maximum Gasteiger partial charge on any atom is 0.193 e. The molecule has 3 rings (SSSR count). The summed E-state index contributed by atoms with van der Waals surface area (Å²) in [4.78, 5) is 23.3. The Hall–Kier alpha value is -3.87. The molecule has 0 unspecified atom stereocenters. The molecule has 0 bridgehead atoms. The number of carbonyl (C=O) groups excluding carboxylic acids is 1. The number of hydrogen-bond acceptors (Lipinski definition) is 5. The number of carbonyl (C=O) groups is 1. The van der Waals surface area contributed by atoms with Gasteiger partial charge in [-0.2, -0.15) is 0 Å². The van der Waals surface area contributed by atoms with Crippen molar-refractivity contribution in [2.45, 2.75) is 0 Å².